The molecule has 2 nitrogen and oxygen atoms in total. The molecular weight excluding hydrogens is 282 g/mol. The van der Waals surface area contributed by atoms with Crippen LogP contribution < -0.4 is 5.32 Å². The number of carbonyl (C=O) groups is 1. The molecule has 0 unspecified atom stereocenters. The molecule has 0 bridgehead atoms. The van der Waals surface area contributed by atoms with Gasteiger partial charge in [-0.15, -0.1) is 0 Å². The standard InChI is InChI=1S/C21H19NO/c1-16-11-13-19(14-12-16)22-21(23)20-10-6-5-9-18(20)15-17-7-3-2-4-8-17/h2-14H,15H2,1H3,(H,22,23). The number of nitrogens with one attached hydrogen (secondary N) is 1. The summed E-state index contributed by atoms with van der Waals surface area (Å²) in [4.78, 5) is 12.6. The number of hydrogen-bond acceptors (Lipinski definition) is 1. The first-order chi connectivity index (χ1) is 11.2. The highest BCUT2D eigenvalue weighted by Gasteiger charge is 2.11. The van der Waals surface area contributed by atoms with E-state index in [1.807, 2.05) is 73.7 Å². The van der Waals surface area contributed by atoms with Gasteiger partial charge >= 0.3 is 0 Å². The van der Waals surface area contributed by atoms with Crippen molar-refractivity contribution < 1.29 is 4.79 Å². The van der Waals surface area contributed by atoms with E-state index in [4.69, 9.17) is 0 Å². The lowest BCUT2D eigenvalue weighted by molar-refractivity contribution is 0.102. The molecule has 1 amide bonds. The van der Waals surface area contributed by atoms with Crippen molar-refractivity contribution >= 4 is 11.6 Å². The molecule has 23 heavy (non-hydrogen) atoms. The summed E-state index contributed by atoms with van der Waals surface area (Å²) in [5.41, 5.74) is 4.94. The first-order valence-corrected chi connectivity index (χ1v) is 7.72. The zero-order chi connectivity index (χ0) is 16.1. The van der Waals surface area contributed by atoms with Gasteiger partial charge in [0.15, 0.2) is 0 Å². The molecule has 0 fully saturated rings. The summed E-state index contributed by atoms with van der Waals surface area (Å²) in [6, 6.07) is 25.8. The van der Waals surface area contributed by atoms with Crippen molar-refractivity contribution in [2.24, 2.45) is 0 Å². The minimum absolute atomic E-state index is 0.0691. The fourth-order valence-corrected chi connectivity index (χ4v) is 2.55. The van der Waals surface area contributed by atoms with Crippen LogP contribution in [-0.2, 0) is 6.42 Å². The minimum Gasteiger partial charge on any atom is -0.322 e. The normalized spacial score (nSPS) is 10.3. The van der Waals surface area contributed by atoms with Gasteiger partial charge in [0, 0.05) is 11.3 Å². The van der Waals surface area contributed by atoms with Gasteiger partial charge in [-0.2, -0.15) is 0 Å². The summed E-state index contributed by atoms with van der Waals surface area (Å²) >= 11 is 0. The SMILES string of the molecule is Cc1ccc(NC(=O)c2ccccc2Cc2ccccc2)cc1. The number of anilines is 1. The maximum Gasteiger partial charge on any atom is 0.255 e. The lowest BCUT2D eigenvalue weighted by atomic mass is 9.99. The topological polar surface area (TPSA) is 29.1 Å². The highest BCUT2D eigenvalue weighted by molar-refractivity contribution is 6.05. The quantitative estimate of drug-likeness (QED) is 0.734. The Morgan fingerprint density at radius 1 is 0.826 bits per heavy atom. The second kappa shape index (κ2) is 6.93. The zero-order valence-electron chi connectivity index (χ0n) is 13.1. The summed E-state index contributed by atoms with van der Waals surface area (Å²) < 4.78 is 0. The number of amides is 1. The molecule has 2 heteroatoms. The molecule has 0 aliphatic rings. The first-order valence-electron chi connectivity index (χ1n) is 7.72. The lowest BCUT2D eigenvalue weighted by Crippen LogP contribution is -2.14. The Morgan fingerprint density at radius 2 is 1.48 bits per heavy atom. The van der Waals surface area contributed by atoms with Gasteiger partial charge in [0.2, 0.25) is 0 Å². The van der Waals surface area contributed by atoms with Crippen LogP contribution in [0.3, 0.4) is 0 Å². The van der Waals surface area contributed by atoms with E-state index in [9.17, 15) is 4.79 Å². The van der Waals surface area contributed by atoms with E-state index in [0.29, 0.717) is 0 Å². The van der Waals surface area contributed by atoms with Gasteiger partial charge in [0.05, 0.1) is 0 Å². The van der Waals surface area contributed by atoms with E-state index in [2.05, 4.69) is 17.4 Å². The van der Waals surface area contributed by atoms with Crippen LogP contribution in [0, 0.1) is 6.92 Å². The molecule has 3 rings (SSSR count). The second-order valence-corrected chi connectivity index (χ2v) is 5.64. The Kier molecular flexibility index (Phi) is 4.53. The maximum absolute atomic E-state index is 12.6. The van der Waals surface area contributed by atoms with Crippen LogP contribution in [-0.4, -0.2) is 5.91 Å². The molecule has 0 radical (unpaired) electrons. The highest BCUT2D eigenvalue weighted by Crippen LogP contribution is 2.17. The maximum atomic E-state index is 12.6. The van der Waals surface area contributed by atoms with E-state index in [-0.39, 0.29) is 5.91 Å². The van der Waals surface area contributed by atoms with Crippen LogP contribution in [0.2, 0.25) is 0 Å². The molecule has 1 N–H and O–H groups in total. The number of benzene rings is 3. The zero-order valence-corrected chi connectivity index (χ0v) is 13.1. The van der Waals surface area contributed by atoms with E-state index in [1.165, 1.54) is 11.1 Å². The average molecular weight is 301 g/mol. The fourth-order valence-electron chi connectivity index (χ4n) is 2.55. The van der Waals surface area contributed by atoms with Crippen LogP contribution in [0.15, 0.2) is 78.9 Å². The Balaban J connectivity index is 1.82. The molecular formula is C21H19NO. The summed E-state index contributed by atoms with van der Waals surface area (Å²) in [5.74, 6) is -0.0691. The van der Waals surface area contributed by atoms with Crippen LogP contribution >= 0.6 is 0 Å². The minimum atomic E-state index is -0.0691. The van der Waals surface area contributed by atoms with Crippen LogP contribution in [0.25, 0.3) is 0 Å². The predicted molar refractivity (Wildman–Crippen MR) is 94.8 cm³/mol. The van der Waals surface area contributed by atoms with E-state index in [0.717, 1.165) is 23.2 Å². The van der Waals surface area contributed by atoms with Crippen LogP contribution in [0.4, 0.5) is 5.69 Å². The Hall–Kier alpha value is -2.87. The molecule has 0 heterocycles. The van der Waals surface area contributed by atoms with E-state index >= 15 is 0 Å². The Bertz CT molecular complexity index is 792. The molecule has 0 atom stereocenters. The van der Waals surface area contributed by atoms with Crippen LogP contribution in [0.1, 0.15) is 27.0 Å². The third-order valence-electron chi connectivity index (χ3n) is 3.81. The van der Waals surface area contributed by atoms with Crippen molar-refractivity contribution in [2.45, 2.75) is 13.3 Å². The number of carbonyl (C=O) groups excluding carboxylic acids is 1. The number of aryl methyl sites for hydroxylation is 1. The average Bonchev–Trinajstić information content (AvgIpc) is 2.58. The van der Waals surface area contributed by atoms with E-state index in [1.54, 1.807) is 0 Å². The van der Waals surface area contributed by atoms with Gasteiger partial charge in [-0.1, -0.05) is 66.2 Å². The summed E-state index contributed by atoms with van der Waals surface area (Å²) in [6.07, 6.45) is 0.748. The number of rotatable bonds is 4. The summed E-state index contributed by atoms with van der Waals surface area (Å²) in [6.45, 7) is 2.03. The monoisotopic (exact) mass is 301 g/mol. The van der Waals surface area contributed by atoms with Crippen molar-refractivity contribution in [2.75, 3.05) is 5.32 Å². The van der Waals surface area contributed by atoms with Crippen molar-refractivity contribution in [1.29, 1.82) is 0 Å². The van der Waals surface area contributed by atoms with Gasteiger partial charge in [-0.05, 0) is 42.7 Å². The Morgan fingerprint density at radius 3 is 2.22 bits per heavy atom. The first kappa shape index (κ1) is 15.0. The largest absolute Gasteiger partial charge is 0.322 e. The fraction of sp³-hybridized carbons (Fsp3) is 0.0952. The third kappa shape index (κ3) is 3.86. The second-order valence-electron chi connectivity index (χ2n) is 5.64. The number of hydrogen-bond donors (Lipinski definition) is 1. The van der Waals surface area contributed by atoms with Crippen molar-refractivity contribution in [3.63, 3.8) is 0 Å². The molecule has 0 aliphatic heterocycles. The van der Waals surface area contributed by atoms with E-state index < -0.39 is 0 Å². The summed E-state index contributed by atoms with van der Waals surface area (Å²) in [7, 11) is 0. The molecule has 0 aliphatic carbocycles. The molecule has 3 aromatic rings. The third-order valence-corrected chi connectivity index (χ3v) is 3.81. The molecule has 114 valence electrons. The highest BCUT2D eigenvalue weighted by atomic mass is 16.1. The molecule has 0 spiro atoms. The van der Waals surface area contributed by atoms with Gasteiger partial charge < -0.3 is 5.32 Å². The van der Waals surface area contributed by atoms with Crippen molar-refractivity contribution in [3.05, 3.63) is 101 Å². The molecule has 0 saturated heterocycles. The Labute approximate surface area is 136 Å². The van der Waals surface area contributed by atoms with Gasteiger partial charge in [0.1, 0.15) is 0 Å². The smallest absolute Gasteiger partial charge is 0.255 e. The van der Waals surface area contributed by atoms with Gasteiger partial charge in [0.25, 0.3) is 5.91 Å². The van der Waals surface area contributed by atoms with Gasteiger partial charge in [-0.25, -0.2) is 0 Å². The molecule has 0 aromatic heterocycles. The van der Waals surface area contributed by atoms with Crippen molar-refractivity contribution in [1.82, 2.24) is 0 Å². The van der Waals surface area contributed by atoms with Crippen molar-refractivity contribution in [3.8, 4) is 0 Å². The predicted octanol–water partition coefficient (Wildman–Crippen LogP) is 4.84. The molecule has 0 saturated carbocycles. The molecule has 3 aromatic carbocycles. The van der Waals surface area contributed by atoms with Gasteiger partial charge in [-0.3, -0.25) is 4.79 Å². The van der Waals surface area contributed by atoms with Crippen LogP contribution in [0.5, 0.6) is 0 Å². The lowest BCUT2D eigenvalue weighted by Gasteiger charge is -2.10. The summed E-state index contributed by atoms with van der Waals surface area (Å²) in [5, 5.41) is 2.97.